The Bertz CT molecular complexity index is 1340. The number of hydrogen-bond donors (Lipinski definition) is 0. The average Bonchev–Trinajstić information content (AvgIpc) is 3.50. The molecule has 4 aliphatic rings. The van der Waals surface area contributed by atoms with Crippen LogP contribution in [0.2, 0.25) is 0 Å². The van der Waals surface area contributed by atoms with Crippen LogP contribution < -0.4 is 14.4 Å². The number of rotatable bonds is 6. The molecule has 210 valence electrons. The molecule has 3 aliphatic heterocycles. The van der Waals surface area contributed by atoms with Crippen LogP contribution >= 0.6 is 0 Å². The Hall–Kier alpha value is -3.64. The summed E-state index contributed by atoms with van der Waals surface area (Å²) in [7, 11) is 2.13. The Morgan fingerprint density at radius 1 is 1.27 bits per heavy atom. The van der Waals surface area contributed by atoms with Gasteiger partial charge in [-0.1, -0.05) is 37.8 Å². The molecule has 1 aliphatic carbocycles. The number of benzene rings is 1. The van der Waals surface area contributed by atoms with E-state index in [0.29, 0.717) is 50.1 Å². The van der Waals surface area contributed by atoms with Crippen molar-refractivity contribution in [1.82, 2.24) is 19.8 Å². The molecule has 0 unspecified atom stereocenters. The molecular weight excluding hydrogens is 504 g/mol. The maximum Gasteiger partial charge on any atom is 0.321 e. The largest absolute Gasteiger partial charge is 0.465 e. The topological polar surface area (TPSA) is 94.8 Å². The van der Waals surface area contributed by atoms with Gasteiger partial charge in [0.2, 0.25) is 11.8 Å². The number of amides is 1. The third-order valence-electron chi connectivity index (χ3n) is 9.39. The summed E-state index contributed by atoms with van der Waals surface area (Å²) in [6, 6.07) is 11.3. The highest BCUT2D eigenvalue weighted by atomic mass is 16.5. The van der Waals surface area contributed by atoms with E-state index in [-0.39, 0.29) is 18.4 Å². The minimum atomic E-state index is -0.420. The van der Waals surface area contributed by atoms with Gasteiger partial charge in [-0.25, -0.2) is 0 Å². The number of carbonyl (C=O) groups excluding carboxylic acids is 1. The first-order valence-electron chi connectivity index (χ1n) is 14.5. The maximum absolute atomic E-state index is 12.5. The van der Waals surface area contributed by atoms with Crippen molar-refractivity contribution >= 4 is 11.7 Å². The van der Waals surface area contributed by atoms with Crippen LogP contribution in [0.15, 0.2) is 36.9 Å². The van der Waals surface area contributed by atoms with Crippen molar-refractivity contribution in [3.63, 3.8) is 0 Å². The third kappa shape index (κ3) is 4.58. The summed E-state index contributed by atoms with van der Waals surface area (Å²) in [6.45, 7) is 9.11. The van der Waals surface area contributed by atoms with Crippen LogP contribution in [0, 0.1) is 17.2 Å². The van der Waals surface area contributed by atoms with E-state index in [1.165, 1.54) is 17.2 Å². The molecule has 0 N–H and O–H groups in total. The lowest BCUT2D eigenvalue weighted by Gasteiger charge is -2.43. The van der Waals surface area contributed by atoms with Crippen molar-refractivity contribution < 1.29 is 14.3 Å². The van der Waals surface area contributed by atoms with Crippen molar-refractivity contribution in [2.75, 3.05) is 44.7 Å². The Kier molecular flexibility index (Phi) is 7.13. The van der Waals surface area contributed by atoms with Gasteiger partial charge in [0, 0.05) is 31.6 Å². The quantitative estimate of drug-likeness (QED) is 0.512. The molecule has 4 atom stereocenters. The lowest BCUT2D eigenvalue weighted by molar-refractivity contribution is -0.128. The summed E-state index contributed by atoms with van der Waals surface area (Å²) in [4.78, 5) is 28.6. The first-order valence-corrected chi connectivity index (χ1v) is 14.5. The summed E-state index contributed by atoms with van der Waals surface area (Å²) in [6.07, 6.45) is 6.44. The van der Waals surface area contributed by atoms with Crippen molar-refractivity contribution in [2.45, 2.75) is 63.1 Å². The number of fused-ring (bicyclic) bond motifs is 3. The van der Waals surface area contributed by atoms with Gasteiger partial charge < -0.3 is 24.2 Å². The van der Waals surface area contributed by atoms with E-state index in [0.717, 1.165) is 50.0 Å². The summed E-state index contributed by atoms with van der Waals surface area (Å²) in [5.74, 6) is 1.56. The molecule has 0 bridgehead atoms. The maximum atomic E-state index is 12.5. The van der Waals surface area contributed by atoms with E-state index in [4.69, 9.17) is 19.4 Å². The molecule has 0 saturated carbocycles. The van der Waals surface area contributed by atoms with Gasteiger partial charge in [-0.3, -0.25) is 4.79 Å². The zero-order valence-corrected chi connectivity index (χ0v) is 23.5. The van der Waals surface area contributed by atoms with Crippen LogP contribution in [-0.2, 0) is 23.2 Å². The number of likely N-dealkylation sites (tertiary alicyclic amines) is 1. The predicted molar refractivity (Wildman–Crippen MR) is 151 cm³/mol. The number of ether oxygens (including phenoxy) is 2. The first kappa shape index (κ1) is 26.6. The smallest absolute Gasteiger partial charge is 0.321 e. The highest BCUT2D eigenvalue weighted by Gasteiger charge is 2.50. The number of likely N-dealkylation sites (N-methyl/N-ethyl adjacent to an activating group) is 1. The van der Waals surface area contributed by atoms with E-state index >= 15 is 0 Å². The standard InChI is InChI=1S/C31H38N6O3/c1-4-27(38)37-17-16-36(19-23(37)12-14-32)28-25-11-13-31(21(2)18-22-8-5-6-10-26(22)31)40-29(25)34-30(33-28)39-20-24-9-7-15-35(24)3/h4-6,8,10,21,23-24H,1,7,9,11-13,15-20H2,2-3H3/t21-,23+,24+,31+/m1/s1. The zero-order valence-electron chi connectivity index (χ0n) is 23.5. The highest BCUT2D eigenvalue weighted by Crippen LogP contribution is 2.51. The number of anilines is 1. The minimum Gasteiger partial charge on any atom is -0.465 e. The molecule has 40 heavy (non-hydrogen) atoms. The number of carbonyl (C=O) groups is 1. The molecule has 9 nitrogen and oxygen atoms in total. The predicted octanol–water partition coefficient (Wildman–Crippen LogP) is 3.48. The Balaban J connectivity index is 1.35. The summed E-state index contributed by atoms with van der Waals surface area (Å²) >= 11 is 0. The zero-order chi connectivity index (χ0) is 27.9. The van der Waals surface area contributed by atoms with Gasteiger partial charge in [-0.05, 0) is 62.9 Å². The number of nitrogens with zero attached hydrogens (tertiary/aromatic N) is 6. The van der Waals surface area contributed by atoms with Gasteiger partial charge in [0.1, 0.15) is 18.0 Å². The fourth-order valence-corrected chi connectivity index (χ4v) is 7.10. The average molecular weight is 543 g/mol. The van der Waals surface area contributed by atoms with Gasteiger partial charge in [-0.2, -0.15) is 15.2 Å². The molecule has 1 aromatic carbocycles. The minimum absolute atomic E-state index is 0.145. The van der Waals surface area contributed by atoms with E-state index < -0.39 is 5.60 Å². The van der Waals surface area contributed by atoms with Crippen molar-refractivity contribution in [3.8, 4) is 18.0 Å². The molecule has 9 heteroatoms. The van der Waals surface area contributed by atoms with Crippen LogP contribution in [0.1, 0.15) is 49.3 Å². The molecule has 0 radical (unpaired) electrons. The molecule has 6 rings (SSSR count). The van der Waals surface area contributed by atoms with Gasteiger partial charge >= 0.3 is 6.01 Å². The van der Waals surface area contributed by atoms with Crippen LogP contribution in [0.5, 0.6) is 11.9 Å². The van der Waals surface area contributed by atoms with Crippen molar-refractivity contribution in [2.24, 2.45) is 5.92 Å². The second-order valence-electron chi connectivity index (χ2n) is 11.7. The lowest BCUT2D eigenvalue weighted by atomic mass is 9.81. The molecule has 2 fully saturated rings. The monoisotopic (exact) mass is 542 g/mol. The van der Waals surface area contributed by atoms with Crippen LogP contribution in [0.4, 0.5) is 5.82 Å². The van der Waals surface area contributed by atoms with Gasteiger partial charge in [0.05, 0.1) is 24.1 Å². The van der Waals surface area contributed by atoms with Crippen molar-refractivity contribution in [3.05, 3.63) is 53.6 Å². The number of aromatic nitrogens is 2. The van der Waals surface area contributed by atoms with Crippen molar-refractivity contribution in [1.29, 1.82) is 5.26 Å². The Morgan fingerprint density at radius 3 is 2.90 bits per heavy atom. The normalized spacial score (nSPS) is 27.6. The SMILES string of the molecule is C=CC(=O)N1CCN(c2nc(OC[C@@H]3CCCN3C)nc3c2CC[C@@]2(O3)c3ccccc3C[C@H]2C)C[C@@H]1CC#N. The summed E-state index contributed by atoms with van der Waals surface area (Å²) in [5.41, 5.74) is 3.16. The third-order valence-corrected chi connectivity index (χ3v) is 9.39. The fraction of sp³-hybridized carbons (Fsp3) is 0.548. The fourth-order valence-electron chi connectivity index (χ4n) is 7.10. The Labute approximate surface area is 236 Å². The van der Waals surface area contributed by atoms with E-state index in [1.54, 1.807) is 4.90 Å². The number of nitriles is 1. The second kappa shape index (κ2) is 10.7. The molecule has 2 saturated heterocycles. The van der Waals surface area contributed by atoms with Crippen LogP contribution in [0.3, 0.4) is 0 Å². The molecule has 4 heterocycles. The first-order chi connectivity index (χ1) is 19.4. The molecular formula is C31H38N6O3. The van der Waals surface area contributed by atoms with E-state index in [2.05, 4.69) is 60.7 Å². The Morgan fingerprint density at radius 2 is 2.12 bits per heavy atom. The van der Waals surface area contributed by atoms with Crippen LogP contribution in [0.25, 0.3) is 0 Å². The summed E-state index contributed by atoms with van der Waals surface area (Å²) < 4.78 is 13.2. The molecule has 1 amide bonds. The number of hydrogen-bond acceptors (Lipinski definition) is 8. The highest BCUT2D eigenvalue weighted by molar-refractivity contribution is 5.87. The lowest BCUT2D eigenvalue weighted by Crippen LogP contribution is -2.55. The van der Waals surface area contributed by atoms with Gasteiger partial charge in [0.15, 0.2) is 0 Å². The summed E-state index contributed by atoms with van der Waals surface area (Å²) in [5, 5.41) is 9.50. The van der Waals surface area contributed by atoms with Gasteiger partial charge in [0.25, 0.3) is 0 Å². The van der Waals surface area contributed by atoms with E-state index in [9.17, 15) is 10.1 Å². The molecule has 1 spiro atoms. The van der Waals surface area contributed by atoms with E-state index in [1.807, 2.05) is 0 Å². The second-order valence-corrected chi connectivity index (χ2v) is 11.7. The number of piperazine rings is 1. The molecule has 2 aromatic rings. The molecule has 1 aromatic heterocycles. The van der Waals surface area contributed by atoms with Crippen LogP contribution in [-0.4, -0.2) is 77.6 Å². The van der Waals surface area contributed by atoms with Gasteiger partial charge in [-0.15, -0.1) is 0 Å².